The molecule has 5 nitrogen and oxygen atoms in total. The maximum Gasteiger partial charge on any atom is 0.261 e. The summed E-state index contributed by atoms with van der Waals surface area (Å²) in [5.74, 6) is 5.44. The second-order valence-electron chi connectivity index (χ2n) is 6.40. The smallest absolute Gasteiger partial charge is 0.261 e. The van der Waals surface area contributed by atoms with Crippen molar-refractivity contribution < 1.29 is 13.2 Å². The summed E-state index contributed by atoms with van der Waals surface area (Å²) in [6.45, 7) is 1.92. The first-order chi connectivity index (χ1) is 14.4. The van der Waals surface area contributed by atoms with Crippen LogP contribution in [0.15, 0.2) is 95.9 Å². The Kier molecular flexibility index (Phi) is 6.68. The zero-order valence-corrected chi connectivity index (χ0v) is 17.1. The molecule has 0 atom stereocenters. The van der Waals surface area contributed by atoms with Crippen LogP contribution in [0.1, 0.15) is 11.1 Å². The van der Waals surface area contributed by atoms with E-state index < -0.39 is 10.0 Å². The minimum absolute atomic E-state index is 0.197. The lowest BCUT2D eigenvalue weighted by atomic mass is 10.2. The highest BCUT2D eigenvalue weighted by atomic mass is 32.2. The molecule has 0 aliphatic rings. The van der Waals surface area contributed by atoms with Crippen LogP contribution < -0.4 is 10.0 Å². The Morgan fingerprint density at radius 2 is 1.57 bits per heavy atom. The number of sulfonamides is 1. The fourth-order valence-electron chi connectivity index (χ4n) is 2.57. The molecule has 0 aliphatic carbocycles. The van der Waals surface area contributed by atoms with Gasteiger partial charge in [-0.3, -0.25) is 9.52 Å². The van der Waals surface area contributed by atoms with Gasteiger partial charge in [-0.05, 0) is 61.0 Å². The van der Waals surface area contributed by atoms with E-state index in [-0.39, 0.29) is 10.8 Å². The van der Waals surface area contributed by atoms with Crippen LogP contribution in [0.2, 0.25) is 0 Å². The van der Waals surface area contributed by atoms with Crippen LogP contribution in [0.3, 0.4) is 0 Å². The third-order valence-electron chi connectivity index (χ3n) is 4.13. The largest absolute Gasteiger partial charge is 0.322 e. The van der Waals surface area contributed by atoms with Crippen LogP contribution >= 0.6 is 0 Å². The van der Waals surface area contributed by atoms with Gasteiger partial charge >= 0.3 is 0 Å². The molecule has 3 aromatic carbocycles. The van der Waals surface area contributed by atoms with Crippen LogP contribution in [0.25, 0.3) is 0 Å². The number of amides is 1. The average molecular weight is 417 g/mol. The highest BCUT2D eigenvalue weighted by molar-refractivity contribution is 7.92. The molecule has 2 N–H and O–H groups in total. The number of allylic oxidation sites excluding steroid dienone is 1. The molecule has 0 spiro atoms. The first-order valence-corrected chi connectivity index (χ1v) is 10.6. The zero-order valence-electron chi connectivity index (χ0n) is 16.3. The summed E-state index contributed by atoms with van der Waals surface area (Å²) in [7, 11) is -3.63. The fraction of sp³-hybridized carbons (Fsp3) is 0.0417. The quantitative estimate of drug-likeness (QED) is 0.480. The molecule has 150 valence electrons. The molecule has 3 aromatic rings. The van der Waals surface area contributed by atoms with E-state index in [9.17, 15) is 13.2 Å². The number of carbonyl (C=O) groups is 1. The van der Waals surface area contributed by atoms with Crippen molar-refractivity contribution in [3.63, 3.8) is 0 Å². The Bertz CT molecular complexity index is 1220. The maximum atomic E-state index is 12.3. The van der Waals surface area contributed by atoms with Crippen LogP contribution in [-0.2, 0) is 14.8 Å². The molecule has 3 rings (SSSR count). The second-order valence-corrected chi connectivity index (χ2v) is 8.09. The highest BCUT2D eigenvalue weighted by Gasteiger charge is 2.12. The van der Waals surface area contributed by atoms with Gasteiger partial charge in [0.1, 0.15) is 0 Å². The van der Waals surface area contributed by atoms with E-state index in [1.807, 2.05) is 31.2 Å². The van der Waals surface area contributed by atoms with E-state index in [4.69, 9.17) is 0 Å². The molecule has 0 unspecified atom stereocenters. The van der Waals surface area contributed by atoms with Gasteiger partial charge in [-0.25, -0.2) is 8.42 Å². The molecule has 0 aliphatic heterocycles. The average Bonchev–Trinajstić information content (AvgIpc) is 2.74. The topological polar surface area (TPSA) is 75.3 Å². The molecule has 0 radical (unpaired) electrons. The van der Waals surface area contributed by atoms with E-state index >= 15 is 0 Å². The van der Waals surface area contributed by atoms with E-state index in [1.165, 1.54) is 24.3 Å². The molecule has 0 fully saturated rings. The molecule has 6 heteroatoms. The van der Waals surface area contributed by atoms with Gasteiger partial charge in [-0.1, -0.05) is 48.2 Å². The van der Waals surface area contributed by atoms with Gasteiger partial charge < -0.3 is 5.32 Å². The number of hydrogen-bond acceptors (Lipinski definition) is 3. The third kappa shape index (κ3) is 5.84. The van der Waals surface area contributed by atoms with Crippen LogP contribution in [0.5, 0.6) is 0 Å². The normalized spacial score (nSPS) is 10.8. The monoisotopic (exact) mass is 416 g/mol. The Hall–Kier alpha value is -3.82. The molecular weight excluding hydrogens is 396 g/mol. The first-order valence-electron chi connectivity index (χ1n) is 9.17. The Balaban J connectivity index is 1.59. The third-order valence-corrected chi connectivity index (χ3v) is 5.53. The molecule has 0 bridgehead atoms. The zero-order chi connectivity index (χ0) is 21.4. The number of benzene rings is 3. The van der Waals surface area contributed by atoms with E-state index in [1.54, 1.807) is 42.5 Å². The SMILES string of the molecule is Cc1ccccc1NC(=O)/C=C/C#Cc1ccc(NS(=O)(=O)c2ccccc2)cc1. The summed E-state index contributed by atoms with van der Waals surface area (Å²) in [6, 6.07) is 22.4. The number of nitrogens with one attached hydrogen (secondary N) is 2. The lowest BCUT2D eigenvalue weighted by molar-refractivity contribution is -0.111. The van der Waals surface area contributed by atoms with Gasteiger partial charge in [-0.15, -0.1) is 0 Å². The summed E-state index contributed by atoms with van der Waals surface area (Å²) in [6.07, 6.45) is 2.83. The van der Waals surface area contributed by atoms with Gasteiger partial charge in [0.15, 0.2) is 0 Å². The van der Waals surface area contributed by atoms with Gasteiger partial charge in [0, 0.05) is 23.0 Å². The first kappa shape index (κ1) is 20.9. The fourth-order valence-corrected chi connectivity index (χ4v) is 3.64. The van der Waals surface area contributed by atoms with Crippen LogP contribution in [-0.4, -0.2) is 14.3 Å². The van der Waals surface area contributed by atoms with Crippen molar-refractivity contribution in [2.75, 3.05) is 10.0 Å². The lowest BCUT2D eigenvalue weighted by Crippen LogP contribution is -2.12. The number of rotatable bonds is 5. The number of anilines is 2. The standard InChI is InChI=1S/C24H20N2O3S/c1-19-9-5-7-13-23(19)25-24(27)14-8-6-10-20-15-17-21(18-16-20)26-30(28,29)22-11-3-2-4-12-22/h2-5,7-9,11-18,26H,1H3,(H,25,27)/b14-8+. The molecular formula is C24H20N2O3S. The van der Waals surface area contributed by atoms with E-state index in [0.717, 1.165) is 11.3 Å². The second kappa shape index (κ2) is 9.59. The Morgan fingerprint density at radius 1 is 0.900 bits per heavy atom. The van der Waals surface area contributed by atoms with E-state index in [0.29, 0.717) is 11.3 Å². The summed E-state index contributed by atoms with van der Waals surface area (Å²) >= 11 is 0. The molecule has 0 aromatic heterocycles. The van der Waals surface area contributed by atoms with Crippen molar-refractivity contribution in [1.82, 2.24) is 0 Å². The number of para-hydroxylation sites is 1. The van der Waals surface area contributed by atoms with Crippen molar-refractivity contribution in [2.45, 2.75) is 11.8 Å². The van der Waals surface area contributed by atoms with Gasteiger partial charge in [0.05, 0.1) is 4.90 Å². The molecule has 0 saturated carbocycles. The Morgan fingerprint density at radius 3 is 2.27 bits per heavy atom. The summed E-state index contributed by atoms with van der Waals surface area (Å²) in [5.41, 5.74) is 2.88. The molecule has 0 saturated heterocycles. The lowest BCUT2D eigenvalue weighted by Gasteiger charge is -2.07. The van der Waals surface area contributed by atoms with Crippen molar-refractivity contribution >= 4 is 27.3 Å². The van der Waals surface area contributed by atoms with Crippen LogP contribution in [0.4, 0.5) is 11.4 Å². The predicted octanol–water partition coefficient (Wildman–Crippen LogP) is 4.34. The van der Waals surface area contributed by atoms with Crippen molar-refractivity contribution in [3.8, 4) is 11.8 Å². The molecule has 1 amide bonds. The number of hydrogen-bond donors (Lipinski definition) is 2. The number of carbonyl (C=O) groups excluding carboxylic acids is 1. The predicted molar refractivity (Wildman–Crippen MR) is 120 cm³/mol. The van der Waals surface area contributed by atoms with Crippen molar-refractivity contribution in [3.05, 3.63) is 102 Å². The van der Waals surface area contributed by atoms with Crippen molar-refractivity contribution in [1.29, 1.82) is 0 Å². The minimum Gasteiger partial charge on any atom is -0.322 e. The number of aryl methyl sites for hydroxylation is 1. The summed E-state index contributed by atoms with van der Waals surface area (Å²) in [4.78, 5) is 12.1. The molecule has 0 heterocycles. The summed E-state index contributed by atoms with van der Waals surface area (Å²) in [5, 5.41) is 2.79. The van der Waals surface area contributed by atoms with E-state index in [2.05, 4.69) is 21.9 Å². The maximum absolute atomic E-state index is 12.3. The van der Waals surface area contributed by atoms with Crippen molar-refractivity contribution in [2.24, 2.45) is 0 Å². The van der Waals surface area contributed by atoms with Crippen LogP contribution in [0, 0.1) is 18.8 Å². The summed E-state index contributed by atoms with van der Waals surface area (Å²) < 4.78 is 27.2. The molecule has 30 heavy (non-hydrogen) atoms. The van der Waals surface area contributed by atoms with Gasteiger partial charge in [-0.2, -0.15) is 0 Å². The Labute approximate surface area is 176 Å². The van der Waals surface area contributed by atoms with Gasteiger partial charge in [0.2, 0.25) is 5.91 Å². The minimum atomic E-state index is -3.63. The van der Waals surface area contributed by atoms with Gasteiger partial charge in [0.25, 0.3) is 10.0 Å². The highest BCUT2D eigenvalue weighted by Crippen LogP contribution is 2.16.